The summed E-state index contributed by atoms with van der Waals surface area (Å²) in [6, 6.07) is 11.0. The summed E-state index contributed by atoms with van der Waals surface area (Å²) >= 11 is 6.71. The lowest BCUT2D eigenvalue weighted by Crippen LogP contribution is -2.22. The molecule has 0 radical (unpaired) electrons. The van der Waals surface area contributed by atoms with E-state index in [4.69, 9.17) is 11.6 Å². The van der Waals surface area contributed by atoms with Crippen LogP contribution in [0.3, 0.4) is 0 Å². The predicted molar refractivity (Wildman–Crippen MR) is 95.5 cm³/mol. The summed E-state index contributed by atoms with van der Waals surface area (Å²) in [5, 5.41) is 11.7. The van der Waals surface area contributed by atoms with Crippen molar-refractivity contribution in [2.45, 2.75) is 6.54 Å². The Morgan fingerprint density at radius 2 is 1.92 bits per heavy atom. The molecule has 0 atom stereocenters. The summed E-state index contributed by atoms with van der Waals surface area (Å²) < 4.78 is 15.0. The first kappa shape index (κ1) is 16.7. The molecule has 26 heavy (non-hydrogen) atoms. The number of thiazole rings is 1. The molecule has 0 unspecified atom stereocenters. The van der Waals surface area contributed by atoms with E-state index in [1.807, 2.05) is 0 Å². The average molecular weight is 389 g/mol. The van der Waals surface area contributed by atoms with E-state index in [1.54, 1.807) is 24.3 Å². The van der Waals surface area contributed by atoms with Gasteiger partial charge in [-0.2, -0.15) is 0 Å². The van der Waals surface area contributed by atoms with Crippen molar-refractivity contribution < 1.29 is 14.3 Å². The van der Waals surface area contributed by atoms with Crippen molar-refractivity contribution in [3.63, 3.8) is 0 Å². The Bertz CT molecular complexity index is 1230. The molecular formula is C18H10ClFN2O3S. The molecule has 8 heteroatoms. The van der Waals surface area contributed by atoms with Crippen molar-refractivity contribution in [1.82, 2.24) is 4.57 Å². The number of para-hydroxylation sites is 1. The molecule has 5 nitrogen and oxygen atoms in total. The summed E-state index contributed by atoms with van der Waals surface area (Å²) in [5.74, 6) is -1.52. The van der Waals surface area contributed by atoms with Crippen LogP contribution in [0, 0.1) is 5.82 Å². The van der Waals surface area contributed by atoms with Gasteiger partial charge in [0, 0.05) is 15.8 Å². The molecule has 4 rings (SSSR count). The molecule has 1 N–H and O–H groups in total. The van der Waals surface area contributed by atoms with Crippen molar-refractivity contribution in [2.24, 2.45) is 4.99 Å². The molecular weight excluding hydrogens is 379 g/mol. The Morgan fingerprint density at radius 1 is 1.15 bits per heavy atom. The number of hydrogen-bond acceptors (Lipinski definition) is 4. The zero-order valence-corrected chi connectivity index (χ0v) is 14.6. The second-order valence-corrected chi connectivity index (χ2v) is 6.98. The number of benzene rings is 2. The second-order valence-electron chi connectivity index (χ2n) is 5.62. The largest absolute Gasteiger partial charge is 0.493 e. The lowest BCUT2D eigenvalue weighted by atomic mass is 10.1. The number of rotatable bonds is 3. The van der Waals surface area contributed by atoms with Crippen LogP contribution in [0.25, 0.3) is 5.57 Å². The number of carbonyl (C=O) groups excluding carboxylic acids is 1. The fourth-order valence-electron chi connectivity index (χ4n) is 2.82. The topological polar surface area (TPSA) is 71.7 Å². The summed E-state index contributed by atoms with van der Waals surface area (Å²) in [6.45, 7) is -0.243. The molecule has 0 saturated heterocycles. The van der Waals surface area contributed by atoms with Gasteiger partial charge in [-0.25, -0.2) is 9.38 Å². The van der Waals surface area contributed by atoms with Crippen LogP contribution in [0.1, 0.15) is 10.4 Å². The Hall–Kier alpha value is -2.77. The van der Waals surface area contributed by atoms with Gasteiger partial charge >= 0.3 is 4.87 Å². The standard InChI is InChI=1S/C18H10ClFN2O3S/c19-11-5-3-6-12(20)10(11)8-22-17(24)15(26-18(22)25)14-9-4-1-2-7-13(9)21-16(14)23/h1-7,24H,8H2. The van der Waals surface area contributed by atoms with Crippen molar-refractivity contribution >= 4 is 34.4 Å². The van der Waals surface area contributed by atoms with E-state index >= 15 is 0 Å². The first-order chi connectivity index (χ1) is 12.5. The van der Waals surface area contributed by atoms with Gasteiger partial charge < -0.3 is 5.11 Å². The van der Waals surface area contributed by atoms with Gasteiger partial charge in [0.2, 0.25) is 5.88 Å². The number of fused-ring (bicyclic) bond motifs is 1. The number of aromatic nitrogens is 1. The maximum absolute atomic E-state index is 14.0. The van der Waals surface area contributed by atoms with Crippen LogP contribution in [0.2, 0.25) is 5.02 Å². The molecule has 0 saturated carbocycles. The fourth-order valence-corrected chi connectivity index (χ4v) is 3.98. The third-order valence-electron chi connectivity index (χ3n) is 4.08. The van der Waals surface area contributed by atoms with Gasteiger partial charge in [-0.05, 0) is 18.2 Å². The van der Waals surface area contributed by atoms with Crippen molar-refractivity contribution in [3.05, 3.63) is 84.0 Å². The van der Waals surface area contributed by atoms with Crippen molar-refractivity contribution in [1.29, 1.82) is 0 Å². The van der Waals surface area contributed by atoms with Crippen LogP contribution < -0.4 is 15.4 Å². The molecule has 0 aliphatic carbocycles. The smallest absolute Gasteiger partial charge is 0.310 e. The average Bonchev–Trinajstić information content (AvgIpc) is 3.07. The highest BCUT2D eigenvalue weighted by molar-refractivity contribution is 7.11. The van der Waals surface area contributed by atoms with E-state index in [0.717, 1.165) is 4.57 Å². The van der Waals surface area contributed by atoms with E-state index in [-0.39, 0.29) is 27.6 Å². The second kappa shape index (κ2) is 6.19. The van der Waals surface area contributed by atoms with E-state index in [0.29, 0.717) is 21.9 Å². The molecule has 3 aromatic rings. The summed E-state index contributed by atoms with van der Waals surface area (Å²) in [5.41, 5.74) is 0.252. The van der Waals surface area contributed by atoms with Gasteiger partial charge in [0.15, 0.2) is 0 Å². The highest BCUT2D eigenvalue weighted by atomic mass is 35.5. The summed E-state index contributed by atoms with van der Waals surface area (Å²) in [6.07, 6.45) is 0. The zero-order chi connectivity index (χ0) is 18.4. The van der Waals surface area contributed by atoms with Gasteiger partial charge in [-0.1, -0.05) is 47.2 Å². The number of nitrogens with zero attached hydrogens (tertiary/aromatic N) is 2. The maximum atomic E-state index is 14.0. The Morgan fingerprint density at radius 3 is 2.69 bits per heavy atom. The third-order valence-corrected chi connectivity index (χ3v) is 5.42. The van der Waals surface area contributed by atoms with Crippen LogP contribution in [0.4, 0.5) is 4.39 Å². The molecule has 2 heterocycles. The Kier molecular flexibility index (Phi) is 3.97. The Labute approximate surface area is 154 Å². The molecule has 0 spiro atoms. The van der Waals surface area contributed by atoms with E-state index in [9.17, 15) is 19.1 Å². The zero-order valence-electron chi connectivity index (χ0n) is 13.1. The van der Waals surface area contributed by atoms with Crippen molar-refractivity contribution in [2.75, 3.05) is 0 Å². The third kappa shape index (κ3) is 2.56. The highest BCUT2D eigenvalue weighted by Gasteiger charge is 2.26. The van der Waals surface area contributed by atoms with E-state index in [1.165, 1.54) is 18.2 Å². The SMILES string of the molecule is O=C1N=c2ccccc2=C1c1sc(=O)n(Cc2c(F)cccc2Cl)c1O. The normalized spacial score (nSPS) is 13.0. The summed E-state index contributed by atoms with van der Waals surface area (Å²) in [7, 11) is 0. The monoisotopic (exact) mass is 388 g/mol. The highest BCUT2D eigenvalue weighted by Crippen LogP contribution is 2.30. The van der Waals surface area contributed by atoms with Crippen LogP contribution in [0.15, 0.2) is 52.3 Å². The number of hydrogen-bond donors (Lipinski definition) is 1. The van der Waals surface area contributed by atoms with Crippen LogP contribution >= 0.6 is 22.9 Å². The van der Waals surface area contributed by atoms with Gasteiger partial charge in [-0.15, -0.1) is 0 Å². The van der Waals surface area contributed by atoms with Crippen LogP contribution in [-0.2, 0) is 11.3 Å². The quantitative estimate of drug-likeness (QED) is 0.744. The Balaban J connectivity index is 1.89. The molecule has 130 valence electrons. The minimum Gasteiger partial charge on any atom is -0.493 e. The fraction of sp³-hybridized carbons (Fsp3) is 0.0556. The number of amides is 1. The lowest BCUT2D eigenvalue weighted by molar-refractivity contribution is -0.112. The minimum absolute atomic E-state index is 0.0868. The molecule has 0 fully saturated rings. The van der Waals surface area contributed by atoms with Gasteiger partial charge in [0.05, 0.1) is 17.5 Å². The predicted octanol–water partition coefficient (Wildman–Crippen LogP) is 1.81. The molecule has 1 aromatic heterocycles. The molecule has 2 aromatic carbocycles. The minimum atomic E-state index is -0.582. The van der Waals surface area contributed by atoms with E-state index in [2.05, 4.69) is 4.99 Å². The van der Waals surface area contributed by atoms with Crippen molar-refractivity contribution in [3.8, 4) is 5.88 Å². The van der Waals surface area contributed by atoms with Gasteiger partial charge in [0.25, 0.3) is 5.91 Å². The molecule has 1 aliphatic rings. The lowest BCUT2D eigenvalue weighted by Gasteiger charge is -2.07. The summed E-state index contributed by atoms with van der Waals surface area (Å²) in [4.78, 5) is 28.1. The number of carbonyl (C=O) groups is 1. The maximum Gasteiger partial charge on any atom is 0.310 e. The van der Waals surface area contributed by atoms with Gasteiger partial charge in [0.1, 0.15) is 10.7 Å². The molecule has 1 amide bonds. The molecule has 1 aliphatic heterocycles. The number of aromatic hydroxyl groups is 1. The first-order valence-corrected chi connectivity index (χ1v) is 8.75. The first-order valence-electron chi connectivity index (χ1n) is 7.55. The van der Waals surface area contributed by atoms with Crippen LogP contribution in [0.5, 0.6) is 5.88 Å². The number of halogens is 2. The van der Waals surface area contributed by atoms with E-state index < -0.39 is 22.5 Å². The molecule has 0 bridgehead atoms. The van der Waals surface area contributed by atoms with Crippen LogP contribution in [-0.4, -0.2) is 15.6 Å². The van der Waals surface area contributed by atoms with Gasteiger partial charge in [-0.3, -0.25) is 14.2 Å².